The lowest BCUT2D eigenvalue weighted by Gasteiger charge is -2.50. The number of ether oxygens (including phenoxy) is 8. The fourth-order valence-electron chi connectivity index (χ4n) is 8.73. The van der Waals surface area contributed by atoms with E-state index in [4.69, 9.17) is 42.4 Å². The molecule has 3 amide bonds. The molecular weight excluding hydrogens is 1130 g/mol. The van der Waals surface area contributed by atoms with Gasteiger partial charge in [0.15, 0.2) is 18.9 Å². The van der Waals surface area contributed by atoms with Crippen LogP contribution < -0.4 is 16.0 Å². The van der Waals surface area contributed by atoms with Crippen LogP contribution in [0.3, 0.4) is 0 Å². The Morgan fingerprint density at radius 2 is 1.20 bits per heavy atom. The van der Waals surface area contributed by atoms with E-state index < -0.39 is 243 Å². The van der Waals surface area contributed by atoms with E-state index in [1.54, 1.807) is 0 Å². The van der Waals surface area contributed by atoms with Gasteiger partial charge >= 0.3 is 26.8 Å². The maximum absolute atomic E-state index is 13.0. The molecule has 0 radical (unpaired) electrons. The van der Waals surface area contributed by atoms with Crippen molar-refractivity contribution < 1.29 is 168 Å². The molecule has 460 valence electrons. The fraction of sp³-hybridized carbons (Fsp3) is 0.897. The second-order valence-corrected chi connectivity index (χ2v) is 20.6. The maximum Gasteiger partial charge on any atom is 0.397 e. The van der Waals surface area contributed by atoms with Crippen LogP contribution in [0.2, 0.25) is 0 Å². The Kier molecular flexibility index (Phi) is 24.9. The molecule has 25 atom stereocenters. The first kappa shape index (κ1) is 68.2. The zero-order valence-electron chi connectivity index (χ0n) is 41.6. The zero-order chi connectivity index (χ0) is 59.8. The number of carbonyl (C=O) groups excluding carboxylic acids is 3. The fourth-order valence-corrected chi connectivity index (χ4v) is 9.34. The number of amides is 3. The predicted octanol–water partition coefficient (Wildman–Crippen LogP) is -13.0. The summed E-state index contributed by atoms with van der Waals surface area (Å²) in [6.45, 7) is -4.66. The van der Waals surface area contributed by atoms with Gasteiger partial charge in [-0.05, 0) is 0 Å². The second kappa shape index (κ2) is 28.8. The van der Waals surface area contributed by atoms with Gasteiger partial charge in [0, 0.05) is 27.2 Å². The molecule has 0 unspecified atom stereocenters. The smallest absolute Gasteiger partial charge is 0.397 e. The Bertz CT molecular complexity index is 2240. The molecule has 79 heavy (non-hydrogen) atoms. The van der Waals surface area contributed by atoms with Gasteiger partial charge in [-0.15, -0.1) is 0 Å². The van der Waals surface area contributed by atoms with Crippen LogP contribution in [0, 0.1) is 0 Å². The largest absolute Gasteiger partial charge is 0.477 e. The summed E-state index contributed by atoms with van der Waals surface area (Å²) in [5.74, 6) is -8.20. The van der Waals surface area contributed by atoms with E-state index in [1.807, 2.05) is 0 Å². The summed E-state index contributed by atoms with van der Waals surface area (Å²) >= 11 is 0. The summed E-state index contributed by atoms with van der Waals surface area (Å²) in [5, 5.41) is 169. The van der Waals surface area contributed by atoms with E-state index in [1.165, 1.54) is 0 Å². The van der Waals surface area contributed by atoms with Crippen molar-refractivity contribution in [3.8, 4) is 0 Å². The molecular formula is C39H67N3O35S2. The number of carboxylic acids is 1. The molecule has 4 aliphatic rings. The van der Waals surface area contributed by atoms with Crippen LogP contribution >= 0.6 is 0 Å². The van der Waals surface area contributed by atoms with Crippen molar-refractivity contribution in [2.24, 2.45) is 0 Å². The van der Waals surface area contributed by atoms with Crippen LogP contribution in [0.4, 0.5) is 0 Å². The first-order valence-electron chi connectivity index (χ1n) is 23.4. The molecule has 20 N–H and O–H groups in total. The average Bonchev–Trinajstić information content (AvgIpc) is 3.36. The Labute approximate surface area is 447 Å². The first-order valence-corrected chi connectivity index (χ1v) is 26.2. The van der Waals surface area contributed by atoms with E-state index in [-0.39, 0.29) is 0 Å². The molecule has 4 saturated heterocycles. The van der Waals surface area contributed by atoms with Gasteiger partial charge < -0.3 is 130 Å². The van der Waals surface area contributed by atoms with Gasteiger partial charge in [-0.25, -0.2) is 13.2 Å². The summed E-state index contributed by atoms with van der Waals surface area (Å²) in [7, 11) is -10.6. The lowest BCUT2D eigenvalue weighted by molar-refractivity contribution is -0.376. The average molecular weight is 1200 g/mol. The number of hydrogen-bond acceptors (Lipinski definition) is 32. The monoisotopic (exact) mass is 1200 g/mol. The van der Waals surface area contributed by atoms with Crippen LogP contribution in [-0.2, 0) is 86.2 Å². The Morgan fingerprint density at radius 3 is 1.72 bits per heavy atom. The van der Waals surface area contributed by atoms with E-state index in [9.17, 15) is 117 Å². The van der Waals surface area contributed by atoms with E-state index in [0.29, 0.717) is 0 Å². The van der Waals surface area contributed by atoms with Gasteiger partial charge in [-0.3, -0.25) is 23.5 Å². The number of carbonyl (C=O) groups is 4. The third-order valence-electron chi connectivity index (χ3n) is 12.5. The maximum atomic E-state index is 13.0. The van der Waals surface area contributed by atoms with Gasteiger partial charge in [0.1, 0.15) is 110 Å². The number of aliphatic hydroxyl groups is 14. The summed E-state index contributed by atoms with van der Waals surface area (Å²) in [6, 6.07) is -5.51. The topological polar surface area (TPSA) is 609 Å². The van der Waals surface area contributed by atoms with Crippen molar-refractivity contribution in [2.45, 2.75) is 180 Å². The minimum absolute atomic E-state index is 0.861. The summed E-state index contributed by atoms with van der Waals surface area (Å²) < 4.78 is 117. The lowest BCUT2D eigenvalue weighted by atomic mass is 9.88. The molecule has 0 aliphatic carbocycles. The highest BCUT2D eigenvalue weighted by Gasteiger charge is 2.60. The number of aliphatic carboxylic acids is 1. The zero-order valence-corrected chi connectivity index (χ0v) is 43.2. The third-order valence-corrected chi connectivity index (χ3v) is 13.4. The second-order valence-electron chi connectivity index (χ2n) is 18.4. The normalized spacial score (nSPS) is 37.9. The van der Waals surface area contributed by atoms with Crippen molar-refractivity contribution in [3.05, 3.63) is 0 Å². The number of rotatable bonds is 27. The van der Waals surface area contributed by atoms with Crippen LogP contribution in [0.25, 0.3) is 0 Å². The lowest BCUT2D eigenvalue weighted by Crippen LogP contribution is -2.70. The first-order chi connectivity index (χ1) is 36.6. The Morgan fingerprint density at radius 1 is 0.646 bits per heavy atom. The third kappa shape index (κ3) is 17.9. The van der Waals surface area contributed by atoms with E-state index in [2.05, 4.69) is 24.3 Å². The van der Waals surface area contributed by atoms with Gasteiger partial charge in [0.2, 0.25) is 17.7 Å². The minimum atomic E-state index is -5.39. The van der Waals surface area contributed by atoms with Crippen molar-refractivity contribution in [2.75, 3.05) is 39.6 Å². The van der Waals surface area contributed by atoms with Gasteiger partial charge in [-0.1, -0.05) is 0 Å². The molecule has 0 spiro atoms. The molecule has 38 nitrogen and oxygen atoms in total. The van der Waals surface area contributed by atoms with Crippen molar-refractivity contribution in [1.29, 1.82) is 0 Å². The summed E-state index contributed by atoms with van der Waals surface area (Å²) in [5.41, 5.74) is 0. The quantitative estimate of drug-likeness (QED) is 0.0340. The van der Waals surface area contributed by atoms with Crippen molar-refractivity contribution >= 4 is 44.5 Å². The van der Waals surface area contributed by atoms with Crippen LogP contribution in [-0.4, -0.2) is 319 Å². The molecule has 40 heteroatoms. The molecule has 0 aromatic heterocycles. The molecule has 4 heterocycles. The Balaban J connectivity index is 1.66. The molecule has 0 saturated carbocycles. The van der Waals surface area contributed by atoms with Gasteiger partial charge in [0.25, 0.3) is 5.79 Å². The summed E-state index contributed by atoms with van der Waals surface area (Å²) in [4.78, 5) is 49.8. The SMILES string of the molecule is CC(=O)N[C@H]1[C@H](OC[C@@H](O)[C@@H](O)[C@H](O[C@@H]2O[C@H](CO)[C@H](O)[C@H](O[C@]3(C(=O)O)C[C@H](O)[C@@H](NC(C)=O)[C@H]([C@H](O)[C@H](O)CO)O3)[C@H]2O)[C@H](CO)NC(C)=O)O[C@H](COS(=O)(=O)O)[C@@H](O[C@@H]2O[C@H](COS(=O)(=O)O)[C@H](O)[C@H](O)[C@H]2O)[C@@H]1O. The molecule has 4 rings (SSSR count). The van der Waals surface area contributed by atoms with Crippen molar-refractivity contribution in [1.82, 2.24) is 16.0 Å². The molecule has 0 bridgehead atoms. The molecule has 0 aromatic rings. The van der Waals surface area contributed by atoms with E-state index >= 15 is 0 Å². The summed E-state index contributed by atoms with van der Waals surface area (Å²) in [6.07, 6.45) is -48.0. The standard InChI is InChI=1S/C39H67N3O35S2/c1-11(46)40-14(5-43)31(74-37-30(59)34(26(55)18(7-45)71-37)77-39(38(60)61)4-15(49)21(41-12(2)47)33(76-39)23(52)16(50)6-44)24(53)17(51)8-68-35-22(42-13(3)48)27(56)32(20(73-35)10-70-79(65,66)67)75-36-29(58)28(57)25(54)19(72-36)9-69-78(62,63)64/h14-37,43-45,49-59H,4-10H2,1-3H3,(H,40,46)(H,41,47)(H,42,48)(H,60,61)(H,62,63,64)(H,65,66,67)/t14-,15-,16+,17+,18+,19+,20+,21+,22+,23+,24+,25-,26-,27+,28-,29+,30+,31+,32+,33+,34-,35+,36-,37-,39-/m0/s1. The van der Waals surface area contributed by atoms with E-state index in [0.717, 1.165) is 20.8 Å². The molecule has 4 aliphatic heterocycles. The number of nitrogens with one attached hydrogen (secondary N) is 3. The van der Waals surface area contributed by atoms with Crippen molar-refractivity contribution in [3.63, 3.8) is 0 Å². The minimum Gasteiger partial charge on any atom is -0.477 e. The van der Waals surface area contributed by atoms with Crippen LogP contribution in [0.1, 0.15) is 27.2 Å². The highest BCUT2D eigenvalue weighted by Crippen LogP contribution is 2.38. The highest BCUT2D eigenvalue weighted by molar-refractivity contribution is 7.81. The highest BCUT2D eigenvalue weighted by atomic mass is 32.3. The number of aliphatic hydroxyl groups excluding tert-OH is 14. The Hall–Kier alpha value is -3.26. The van der Waals surface area contributed by atoms with Crippen LogP contribution in [0.15, 0.2) is 0 Å². The molecule has 0 aromatic carbocycles. The van der Waals surface area contributed by atoms with Gasteiger partial charge in [-0.2, -0.15) is 16.8 Å². The number of hydrogen-bond donors (Lipinski definition) is 20. The van der Waals surface area contributed by atoms with Crippen LogP contribution in [0.5, 0.6) is 0 Å². The van der Waals surface area contributed by atoms with Gasteiger partial charge in [0.05, 0.1) is 57.8 Å². The number of carboxylic acid groups (broad SMARTS) is 1. The predicted molar refractivity (Wildman–Crippen MR) is 242 cm³/mol. The molecule has 4 fully saturated rings.